The number of aryl methyl sites for hydroxylation is 1. The molecule has 0 fully saturated rings. The maximum Gasteiger partial charge on any atom is 0.354 e. The fraction of sp³-hybridized carbons (Fsp3) is 0.231. The van der Waals surface area contributed by atoms with E-state index in [0.717, 1.165) is 17.9 Å². The Morgan fingerprint density at radius 2 is 2.14 bits per heavy atom. The first kappa shape index (κ1) is 14.5. The van der Waals surface area contributed by atoms with Gasteiger partial charge in [-0.15, -0.1) is 0 Å². The van der Waals surface area contributed by atoms with Crippen molar-refractivity contribution in [3.05, 3.63) is 51.6 Å². The van der Waals surface area contributed by atoms with Crippen molar-refractivity contribution in [1.29, 1.82) is 0 Å². The van der Waals surface area contributed by atoms with Gasteiger partial charge in [0.05, 0.1) is 11.5 Å². The average molecular weight is 291 g/mol. The van der Waals surface area contributed by atoms with Crippen LogP contribution in [-0.2, 0) is 6.54 Å². The lowest BCUT2D eigenvalue weighted by atomic mass is 10.3. The number of carboxylic acid groups (broad SMARTS) is 1. The van der Waals surface area contributed by atoms with Gasteiger partial charge in [-0.25, -0.2) is 9.78 Å². The van der Waals surface area contributed by atoms with Gasteiger partial charge in [0.25, 0.3) is 0 Å². The molecule has 0 radical (unpaired) electrons. The highest BCUT2D eigenvalue weighted by Gasteiger charge is 2.22. The molecule has 1 N–H and O–H groups in total. The number of carbonyl (C=O) groups is 1. The minimum atomic E-state index is -1.24. The largest absolute Gasteiger partial charge is 0.477 e. The third kappa shape index (κ3) is 3.16. The number of hydrogen-bond donors (Lipinski definition) is 1. The normalized spacial score (nSPS) is 10.4. The number of aromatic nitrogens is 1. The number of furan rings is 1. The lowest BCUT2D eigenvalue weighted by Crippen LogP contribution is -2.20. The number of carboxylic acids is 1. The van der Waals surface area contributed by atoms with Crippen molar-refractivity contribution in [3.63, 3.8) is 0 Å². The van der Waals surface area contributed by atoms with E-state index in [1.54, 1.807) is 26.1 Å². The second-order valence-electron chi connectivity index (χ2n) is 4.47. The first-order valence-electron chi connectivity index (χ1n) is 6.03. The summed E-state index contributed by atoms with van der Waals surface area (Å²) in [6.07, 6.45) is 0. The summed E-state index contributed by atoms with van der Waals surface area (Å²) in [5.74, 6) is 0.0642. The molecule has 0 saturated carbocycles. The Labute approximate surface area is 119 Å². The molecule has 21 heavy (non-hydrogen) atoms. The number of nitrogens with zero attached hydrogens (tertiary/aromatic N) is 3. The van der Waals surface area contributed by atoms with Crippen molar-refractivity contribution in [2.45, 2.75) is 13.5 Å². The highest BCUT2D eigenvalue weighted by molar-refractivity contribution is 5.86. The van der Waals surface area contributed by atoms with Gasteiger partial charge < -0.3 is 14.4 Å². The Hall–Kier alpha value is -2.90. The van der Waals surface area contributed by atoms with Crippen LogP contribution in [0.1, 0.15) is 22.0 Å². The molecule has 0 atom stereocenters. The second-order valence-corrected chi connectivity index (χ2v) is 4.47. The molecule has 2 aromatic rings. The Morgan fingerprint density at radius 1 is 1.43 bits per heavy atom. The van der Waals surface area contributed by atoms with Gasteiger partial charge in [-0.2, -0.15) is 0 Å². The van der Waals surface area contributed by atoms with Crippen LogP contribution in [-0.4, -0.2) is 28.0 Å². The monoisotopic (exact) mass is 291 g/mol. The summed E-state index contributed by atoms with van der Waals surface area (Å²) in [4.78, 5) is 26.7. The lowest BCUT2D eigenvalue weighted by Gasteiger charge is -2.16. The topological polar surface area (TPSA) is 110 Å². The molecule has 110 valence electrons. The molecular formula is C13H13N3O5. The van der Waals surface area contributed by atoms with Crippen molar-refractivity contribution < 1.29 is 19.2 Å². The summed E-state index contributed by atoms with van der Waals surface area (Å²) < 4.78 is 5.40. The number of hydrogen-bond acceptors (Lipinski definition) is 6. The molecule has 2 rings (SSSR count). The molecular weight excluding hydrogens is 278 g/mol. The number of anilines is 1. The fourth-order valence-corrected chi connectivity index (χ4v) is 1.86. The van der Waals surface area contributed by atoms with Crippen LogP contribution < -0.4 is 4.90 Å². The summed E-state index contributed by atoms with van der Waals surface area (Å²) in [5.41, 5.74) is -0.510. The Balaban J connectivity index is 2.37. The number of nitro groups is 1. The molecule has 8 nitrogen and oxygen atoms in total. The van der Waals surface area contributed by atoms with Crippen LogP contribution in [0.3, 0.4) is 0 Å². The number of rotatable bonds is 5. The molecule has 8 heteroatoms. The maximum absolute atomic E-state index is 11.0. The molecule has 0 aliphatic heterocycles. The van der Waals surface area contributed by atoms with Crippen LogP contribution >= 0.6 is 0 Å². The van der Waals surface area contributed by atoms with E-state index in [2.05, 4.69) is 4.98 Å². The molecule has 2 aromatic heterocycles. The lowest BCUT2D eigenvalue weighted by molar-refractivity contribution is -0.384. The van der Waals surface area contributed by atoms with E-state index in [9.17, 15) is 14.9 Å². The summed E-state index contributed by atoms with van der Waals surface area (Å²) in [6.45, 7) is 2.03. The van der Waals surface area contributed by atoms with Crippen molar-refractivity contribution >= 4 is 17.5 Å². The quantitative estimate of drug-likeness (QED) is 0.664. The van der Waals surface area contributed by atoms with Gasteiger partial charge in [0.1, 0.15) is 11.5 Å². The van der Waals surface area contributed by atoms with Crippen molar-refractivity contribution in [1.82, 2.24) is 4.98 Å². The molecule has 0 aliphatic rings. The SMILES string of the molecule is Cc1ccc(CN(C)c2nc(C(=O)O)ccc2[N+](=O)[O-])o1. The van der Waals surface area contributed by atoms with Crippen molar-refractivity contribution in [3.8, 4) is 0 Å². The van der Waals surface area contributed by atoms with Gasteiger partial charge in [-0.1, -0.05) is 0 Å². The van der Waals surface area contributed by atoms with E-state index in [0.29, 0.717) is 5.76 Å². The van der Waals surface area contributed by atoms with Crippen LogP contribution in [0.25, 0.3) is 0 Å². The number of aromatic carboxylic acids is 1. The van der Waals surface area contributed by atoms with Crippen LogP contribution in [0.5, 0.6) is 0 Å². The molecule has 0 aliphatic carbocycles. The molecule has 0 amide bonds. The van der Waals surface area contributed by atoms with Gasteiger partial charge in [0.15, 0.2) is 5.69 Å². The smallest absolute Gasteiger partial charge is 0.354 e. The van der Waals surface area contributed by atoms with Crippen LogP contribution in [0, 0.1) is 17.0 Å². The Kier molecular flexibility index (Phi) is 3.88. The molecule has 2 heterocycles. The van der Waals surface area contributed by atoms with E-state index in [1.165, 1.54) is 4.90 Å². The molecule has 0 bridgehead atoms. The van der Waals surface area contributed by atoms with Crippen LogP contribution in [0.15, 0.2) is 28.7 Å². The standard InChI is InChI=1S/C13H13N3O5/c1-8-3-4-9(21-8)7-15(2)12-11(16(19)20)6-5-10(14-12)13(17)18/h3-6H,7H2,1-2H3,(H,17,18). The number of pyridine rings is 1. The van der Waals surface area contributed by atoms with Crippen molar-refractivity contribution in [2.75, 3.05) is 11.9 Å². The highest BCUT2D eigenvalue weighted by Crippen LogP contribution is 2.26. The summed E-state index contributed by atoms with van der Waals surface area (Å²) in [7, 11) is 1.58. The first-order valence-corrected chi connectivity index (χ1v) is 6.03. The van der Waals surface area contributed by atoms with Crippen LogP contribution in [0.4, 0.5) is 11.5 Å². The maximum atomic E-state index is 11.0. The van der Waals surface area contributed by atoms with E-state index in [4.69, 9.17) is 9.52 Å². The minimum Gasteiger partial charge on any atom is -0.477 e. The Bertz CT molecular complexity index is 695. The molecule has 0 aromatic carbocycles. The van der Waals surface area contributed by atoms with Gasteiger partial charge in [-0.3, -0.25) is 10.1 Å². The molecule has 0 spiro atoms. The summed E-state index contributed by atoms with van der Waals surface area (Å²) in [5, 5.41) is 20.0. The van der Waals surface area contributed by atoms with E-state index in [1.807, 2.05) is 0 Å². The summed E-state index contributed by atoms with van der Waals surface area (Å²) in [6, 6.07) is 5.77. The summed E-state index contributed by atoms with van der Waals surface area (Å²) >= 11 is 0. The average Bonchev–Trinajstić information content (AvgIpc) is 2.83. The van der Waals surface area contributed by atoms with Crippen molar-refractivity contribution in [2.24, 2.45) is 0 Å². The third-order valence-electron chi connectivity index (χ3n) is 2.82. The molecule has 0 unspecified atom stereocenters. The van der Waals surface area contributed by atoms with E-state index in [-0.39, 0.29) is 23.7 Å². The zero-order chi connectivity index (χ0) is 15.6. The van der Waals surface area contributed by atoms with Crippen LogP contribution in [0.2, 0.25) is 0 Å². The predicted octanol–water partition coefficient (Wildman–Crippen LogP) is 2.23. The highest BCUT2D eigenvalue weighted by atomic mass is 16.6. The second kappa shape index (κ2) is 5.61. The minimum absolute atomic E-state index is 0.0195. The third-order valence-corrected chi connectivity index (χ3v) is 2.82. The van der Waals surface area contributed by atoms with Gasteiger partial charge in [0, 0.05) is 13.1 Å². The van der Waals surface area contributed by atoms with Gasteiger partial charge in [0.2, 0.25) is 5.82 Å². The zero-order valence-corrected chi connectivity index (χ0v) is 11.4. The first-order chi connectivity index (χ1) is 9.88. The van der Waals surface area contributed by atoms with E-state index >= 15 is 0 Å². The zero-order valence-electron chi connectivity index (χ0n) is 11.4. The predicted molar refractivity (Wildman–Crippen MR) is 73.4 cm³/mol. The fourth-order valence-electron chi connectivity index (χ4n) is 1.86. The van der Waals surface area contributed by atoms with Gasteiger partial charge in [-0.05, 0) is 25.1 Å². The van der Waals surface area contributed by atoms with E-state index < -0.39 is 10.9 Å². The Morgan fingerprint density at radius 3 is 2.67 bits per heavy atom. The molecule has 0 saturated heterocycles. The van der Waals surface area contributed by atoms with Gasteiger partial charge >= 0.3 is 11.7 Å².